The molecule has 0 aliphatic carbocycles. The molecule has 2 N–H and O–H groups in total. The highest BCUT2D eigenvalue weighted by atomic mass is 16.4. The molecule has 1 amide bonds. The molecule has 0 fully saturated rings. The van der Waals surface area contributed by atoms with Gasteiger partial charge in [0.25, 0.3) is 5.91 Å². The predicted octanol–water partition coefficient (Wildman–Crippen LogP) is 2.30. The van der Waals surface area contributed by atoms with Crippen molar-refractivity contribution >= 4 is 22.9 Å². The minimum atomic E-state index is -1.30. The monoisotopic (exact) mass is 318 g/mol. The van der Waals surface area contributed by atoms with Crippen LogP contribution in [0.2, 0.25) is 0 Å². The molecule has 124 valence electrons. The number of fused-ring (bicyclic) bond motifs is 1. The normalized spacial score (nSPS) is 14.0. The van der Waals surface area contributed by atoms with Crippen LogP contribution in [0.1, 0.15) is 56.2 Å². The number of carbonyl (C=O) groups excluding carboxylic acids is 1. The number of hydrogen-bond acceptors (Lipinski definition) is 4. The lowest BCUT2D eigenvalue weighted by molar-refractivity contribution is -0.143. The summed E-state index contributed by atoms with van der Waals surface area (Å²) in [6, 6.07) is 1.87. The molecular weight excluding hydrogens is 296 g/mol. The Kier molecular flexibility index (Phi) is 4.40. The van der Waals surface area contributed by atoms with Gasteiger partial charge in [-0.15, -0.1) is 0 Å². The molecular formula is C16H22N4O3. The van der Waals surface area contributed by atoms with Crippen molar-refractivity contribution in [3.63, 3.8) is 0 Å². The number of carbonyl (C=O) groups is 2. The summed E-state index contributed by atoms with van der Waals surface area (Å²) in [4.78, 5) is 28.3. The van der Waals surface area contributed by atoms with Crippen LogP contribution in [0.25, 0.3) is 11.0 Å². The van der Waals surface area contributed by atoms with Gasteiger partial charge in [0.15, 0.2) is 5.65 Å². The van der Waals surface area contributed by atoms with Crippen LogP contribution in [0.15, 0.2) is 12.3 Å². The highest BCUT2D eigenvalue weighted by Gasteiger charge is 2.33. The Morgan fingerprint density at radius 3 is 2.61 bits per heavy atom. The summed E-state index contributed by atoms with van der Waals surface area (Å²) in [5, 5.41) is 16.9. The van der Waals surface area contributed by atoms with Gasteiger partial charge in [0.2, 0.25) is 0 Å². The fourth-order valence-electron chi connectivity index (χ4n) is 2.28. The van der Waals surface area contributed by atoms with Crippen LogP contribution in [0, 0.1) is 6.92 Å². The smallest absolute Gasteiger partial charge is 0.329 e. The second-order valence-electron chi connectivity index (χ2n) is 6.16. The SMILES string of the molecule is CCC(C)(NC(=O)c1cc2cnn(C(C)C)c2nc1C)C(=O)O. The lowest BCUT2D eigenvalue weighted by Gasteiger charge is -2.24. The van der Waals surface area contributed by atoms with Crippen molar-refractivity contribution in [2.24, 2.45) is 0 Å². The maximum absolute atomic E-state index is 12.5. The quantitative estimate of drug-likeness (QED) is 0.881. The Balaban J connectivity index is 2.42. The van der Waals surface area contributed by atoms with Crippen LogP contribution in [-0.2, 0) is 4.79 Å². The molecule has 0 aromatic carbocycles. The Bertz CT molecular complexity index is 766. The summed E-state index contributed by atoms with van der Waals surface area (Å²) < 4.78 is 1.79. The highest BCUT2D eigenvalue weighted by molar-refractivity contribution is 6.00. The molecule has 0 aliphatic rings. The van der Waals surface area contributed by atoms with Gasteiger partial charge in [-0.2, -0.15) is 5.10 Å². The number of amides is 1. The van der Waals surface area contributed by atoms with E-state index in [0.29, 0.717) is 16.9 Å². The molecule has 23 heavy (non-hydrogen) atoms. The molecule has 0 bridgehead atoms. The van der Waals surface area contributed by atoms with E-state index in [1.807, 2.05) is 13.8 Å². The second kappa shape index (κ2) is 5.98. The lowest BCUT2D eigenvalue weighted by atomic mass is 9.98. The van der Waals surface area contributed by atoms with Gasteiger partial charge in [-0.05, 0) is 40.2 Å². The largest absolute Gasteiger partial charge is 0.480 e. The van der Waals surface area contributed by atoms with Gasteiger partial charge in [0.1, 0.15) is 5.54 Å². The van der Waals surface area contributed by atoms with Crippen molar-refractivity contribution in [1.29, 1.82) is 0 Å². The molecule has 7 heteroatoms. The minimum Gasteiger partial charge on any atom is -0.480 e. The van der Waals surface area contributed by atoms with Crippen molar-refractivity contribution in [3.8, 4) is 0 Å². The van der Waals surface area contributed by atoms with Crippen LogP contribution < -0.4 is 5.32 Å². The number of nitrogens with one attached hydrogen (secondary N) is 1. The Hall–Kier alpha value is -2.44. The number of hydrogen-bond donors (Lipinski definition) is 2. The number of rotatable bonds is 5. The van der Waals surface area contributed by atoms with E-state index in [4.69, 9.17) is 0 Å². The van der Waals surface area contributed by atoms with Crippen molar-refractivity contribution < 1.29 is 14.7 Å². The van der Waals surface area contributed by atoms with Crippen LogP contribution in [0.3, 0.4) is 0 Å². The van der Waals surface area contributed by atoms with Crippen LogP contribution in [0.5, 0.6) is 0 Å². The molecule has 0 radical (unpaired) electrons. The molecule has 7 nitrogen and oxygen atoms in total. The van der Waals surface area contributed by atoms with Crippen molar-refractivity contribution in [1.82, 2.24) is 20.1 Å². The van der Waals surface area contributed by atoms with E-state index in [1.165, 1.54) is 6.92 Å². The Morgan fingerprint density at radius 1 is 1.43 bits per heavy atom. The van der Waals surface area contributed by atoms with Gasteiger partial charge in [-0.25, -0.2) is 14.5 Å². The fourth-order valence-corrected chi connectivity index (χ4v) is 2.28. The van der Waals surface area contributed by atoms with Crippen molar-refractivity contribution in [3.05, 3.63) is 23.5 Å². The maximum Gasteiger partial charge on any atom is 0.329 e. The van der Waals surface area contributed by atoms with E-state index in [-0.39, 0.29) is 12.5 Å². The number of carboxylic acid groups (broad SMARTS) is 1. The van der Waals surface area contributed by atoms with Gasteiger partial charge in [0, 0.05) is 11.4 Å². The average Bonchev–Trinajstić information content (AvgIpc) is 2.88. The molecule has 2 rings (SSSR count). The first kappa shape index (κ1) is 16.9. The predicted molar refractivity (Wildman–Crippen MR) is 86.4 cm³/mol. The fraction of sp³-hybridized carbons (Fsp3) is 0.500. The molecule has 2 heterocycles. The van der Waals surface area contributed by atoms with E-state index < -0.39 is 17.4 Å². The Labute approximate surface area is 134 Å². The summed E-state index contributed by atoms with van der Waals surface area (Å²) in [6.07, 6.45) is 1.95. The van der Waals surface area contributed by atoms with E-state index in [2.05, 4.69) is 15.4 Å². The third kappa shape index (κ3) is 3.04. The van der Waals surface area contributed by atoms with Gasteiger partial charge >= 0.3 is 5.97 Å². The van der Waals surface area contributed by atoms with Crippen molar-refractivity contribution in [2.75, 3.05) is 0 Å². The van der Waals surface area contributed by atoms with Crippen LogP contribution in [-0.4, -0.2) is 37.3 Å². The molecule has 0 spiro atoms. The number of aliphatic carboxylic acids is 1. The van der Waals surface area contributed by atoms with E-state index >= 15 is 0 Å². The number of aromatic nitrogens is 3. The number of pyridine rings is 1. The maximum atomic E-state index is 12.5. The zero-order valence-electron chi connectivity index (χ0n) is 14.0. The van der Waals surface area contributed by atoms with E-state index in [1.54, 1.807) is 30.8 Å². The minimum absolute atomic E-state index is 0.162. The van der Waals surface area contributed by atoms with Gasteiger partial charge < -0.3 is 10.4 Å². The molecule has 0 saturated heterocycles. The first-order valence-corrected chi connectivity index (χ1v) is 7.60. The molecule has 2 aromatic rings. The number of carboxylic acids is 1. The third-order valence-electron chi connectivity index (χ3n) is 4.06. The molecule has 1 atom stereocenters. The molecule has 1 unspecified atom stereocenters. The first-order chi connectivity index (χ1) is 10.7. The summed E-state index contributed by atoms with van der Waals surface area (Å²) in [5.41, 5.74) is 0.314. The topological polar surface area (TPSA) is 97.1 Å². The summed E-state index contributed by atoms with van der Waals surface area (Å²) >= 11 is 0. The second-order valence-corrected chi connectivity index (χ2v) is 6.16. The van der Waals surface area contributed by atoms with Crippen molar-refractivity contribution in [2.45, 2.75) is 52.6 Å². The average molecular weight is 318 g/mol. The van der Waals surface area contributed by atoms with Crippen LogP contribution >= 0.6 is 0 Å². The van der Waals surface area contributed by atoms with E-state index in [0.717, 1.165) is 5.39 Å². The Morgan fingerprint density at radius 2 is 2.09 bits per heavy atom. The molecule has 0 saturated carbocycles. The standard InChI is InChI=1S/C16H22N4O3/c1-6-16(5,15(22)23)19-14(21)12-7-11-8-17-20(9(2)3)13(11)18-10(12)4/h7-9H,6H2,1-5H3,(H,19,21)(H,22,23). The van der Waals surface area contributed by atoms with Gasteiger partial charge in [-0.3, -0.25) is 4.79 Å². The molecule has 0 aliphatic heterocycles. The number of aryl methyl sites for hydroxylation is 1. The summed E-state index contributed by atoms with van der Waals surface area (Å²) in [5.74, 6) is -1.51. The third-order valence-corrected chi connectivity index (χ3v) is 4.06. The number of nitrogens with zero attached hydrogens (tertiary/aromatic N) is 3. The van der Waals surface area contributed by atoms with E-state index in [9.17, 15) is 14.7 Å². The zero-order chi connectivity index (χ0) is 17.4. The lowest BCUT2D eigenvalue weighted by Crippen LogP contribution is -2.51. The molecule has 2 aromatic heterocycles. The summed E-state index contributed by atoms with van der Waals surface area (Å²) in [6.45, 7) is 8.95. The van der Waals surface area contributed by atoms with Gasteiger partial charge in [0.05, 0.1) is 17.5 Å². The van der Waals surface area contributed by atoms with Gasteiger partial charge in [-0.1, -0.05) is 6.92 Å². The summed E-state index contributed by atoms with van der Waals surface area (Å²) in [7, 11) is 0. The van der Waals surface area contributed by atoms with Crippen LogP contribution in [0.4, 0.5) is 0 Å². The first-order valence-electron chi connectivity index (χ1n) is 7.60. The zero-order valence-corrected chi connectivity index (χ0v) is 14.0. The highest BCUT2D eigenvalue weighted by Crippen LogP contribution is 2.20.